The van der Waals surface area contributed by atoms with E-state index in [1.807, 2.05) is 19.0 Å². The number of hydrogen-bond donors (Lipinski definition) is 0. The molecule has 2 heterocycles. The van der Waals surface area contributed by atoms with E-state index in [0.29, 0.717) is 31.4 Å². The molecule has 1 saturated carbocycles. The van der Waals surface area contributed by atoms with Gasteiger partial charge in [-0.2, -0.15) is 0 Å². The van der Waals surface area contributed by atoms with E-state index in [9.17, 15) is 14.4 Å². The van der Waals surface area contributed by atoms with Gasteiger partial charge in [0.25, 0.3) is 0 Å². The molecule has 2 aromatic rings. The molecule has 2 fully saturated rings. The highest BCUT2D eigenvalue weighted by Gasteiger charge is 2.33. The number of rotatable bonds is 4. The molecule has 31 heavy (non-hydrogen) atoms. The minimum Gasteiger partial charge on any atom is -0.465 e. The number of Topliss-reactive ketones (excluding diaryl/α,β-unsaturated/α-hetero) is 1. The number of likely N-dealkylation sites (N-methyl/N-ethyl adjacent to an activating group) is 1. The number of carbonyl (C=O) groups excluding carboxylic acids is 2. The highest BCUT2D eigenvalue weighted by Crippen LogP contribution is 2.42. The predicted octanol–water partition coefficient (Wildman–Crippen LogP) is 3.02. The summed E-state index contributed by atoms with van der Waals surface area (Å²) >= 11 is 6.76. The van der Waals surface area contributed by atoms with Crippen LogP contribution in [0.15, 0.2) is 17.1 Å². The molecule has 1 unspecified atom stereocenters. The number of anilines is 1. The molecule has 2 aliphatic rings. The zero-order valence-corrected chi connectivity index (χ0v) is 18.5. The smallest absolute Gasteiger partial charge is 0.343 e. The fourth-order valence-corrected chi connectivity index (χ4v) is 4.69. The Morgan fingerprint density at radius 1 is 1.29 bits per heavy atom. The molecule has 1 aromatic carbocycles. The van der Waals surface area contributed by atoms with Crippen LogP contribution < -0.4 is 10.3 Å². The predicted molar refractivity (Wildman–Crippen MR) is 117 cm³/mol. The van der Waals surface area contributed by atoms with Crippen molar-refractivity contribution in [2.45, 2.75) is 37.8 Å². The van der Waals surface area contributed by atoms with Crippen LogP contribution in [0.3, 0.4) is 0 Å². The second kappa shape index (κ2) is 8.24. The number of pyridine rings is 1. The summed E-state index contributed by atoms with van der Waals surface area (Å²) in [4.78, 5) is 41.2. The second-order valence-electron chi connectivity index (χ2n) is 8.41. The molecular weight excluding hydrogens is 425 g/mol. The van der Waals surface area contributed by atoms with Crippen LogP contribution in [-0.2, 0) is 9.53 Å². The number of methoxy groups -OCH3 is 1. The van der Waals surface area contributed by atoms with E-state index in [0.717, 1.165) is 18.9 Å². The first-order chi connectivity index (χ1) is 14.7. The summed E-state index contributed by atoms with van der Waals surface area (Å²) in [5, 5.41) is 0.179. The minimum absolute atomic E-state index is 0.0520. The van der Waals surface area contributed by atoms with Crippen molar-refractivity contribution in [2.24, 2.45) is 0 Å². The molecule has 0 spiro atoms. The number of esters is 1. The lowest BCUT2D eigenvalue weighted by Crippen LogP contribution is -2.43. The van der Waals surface area contributed by atoms with Gasteiger partial charge < -0.3 is 14.2 Å². The lowest BCUT2D eigenvalue weighted by Gasteiger charge is -2.30. The van der Waals surface area contributed by atoms with Crippen LogP contribution in [0, 0.1) is 5.82 Å². The van der Waals surface area contributed by atoms with Crippen LogP contribution in [0.4, 0.5) is 10.1 Å². The zero-order valence-electron chi connectivity index (χ0n) is 17.8. The lowest BCUT2D eigenvalue weighted by atomic mass is 10.1. The van der Waals surface area contributed by atoms with Crippen LogP contribution in [0.1, 0.15) is 42.1 Å². The Labute approximate surface area is 184 Å². The van der Waals surface area contributed by atoms with Crippen molar-refractivity contribution in [1.29, 1.82) is 0 Å². The Kier molecular flexibility index (Phi) is 5.79. The molecule has 4 rings (SSSR count). The van der Waals surface area contributed by atoms with E-state index in [1.54, 1.807) is 9.47 Å². The molecule has 0 amide bonds. The molecule has 1 aliphatic heterocycles. The number of ketones is 1. The first-order valence-electron chi connectivity index (χ1n) is 10.3. The number of carbonyl (C=O) groups is 2. The van der Waals surface area contributed by atoms with Crippen molar-refractivity contribution in [1.82, 2.24) is 9.47 Å². The summed E-state index contributed by atoms with van der Waals surface area (Å²) in [6.07, 6.45) is 4.23. The maximum absolute atomic E-state index is 15.4. The van der Waals surface area contributed by atoms with Gasteiger partial charge >= 0.3 is 5.97 Å². The molecular formula is C22H25ClFN3O4. The molecule has 1 aliphatic carbocycles. The SMILES string of the molecule is COC(=O)c1cn(C2CC2)c2c(Cl)c(N3CCCC(=O)C(N(C)C)C3)c(F)cc2c1=O. The van der Waals surface area contributed by atoms with E-state index < -0.39 is 17.2 Å². The highest BCUT2D eigenvalue weighted by molar-refractivity contribution is 6.38. The summed E-state index contributed by atoms with van der Waals surface area (Å²) in [6, 6.07) is 0.866. The van der Waals surface area contributed by atoms with Gasteiger partial charge in [0, 0.05) is 31.7 Å². The maximum Gasteiger partial charge on any atom is 0.343 e. The van der Waals surface area contributed by atoms with Gasteiger partial charge in [0.15, 0.2) is 5.78 Å². The summed E-state index contributed by atoms with van der Waals surface area (Å²) in [5.41, 5.74) is -0.146. The highest BCUT2D eigenvalue weighted by atomic mass is 35.5. The Hall–Kier alpha value is -2.45. The third-order valence-electron chi connectivity index (χ3n) is 6.09. The largest absolute Gasteiger partial charge is 0.465 e. The average molecular weight is 450 g/mol. The van der Waals surface area contributed by atoms with E-state index >= 15 is 4.39 Å². The monoisotopic (exact) mass is 449 g/mol. The summed E-state index contributed by atoms with van der Waals surface area (Å²) in [7, 11) is 4.85. The Bertz CT molecular complexity index is 1130. The van der Waals surface area contributed by atoms with Gasteiger partial charge in [-0.15, -0.1) is 0 Å². The number of hydrogen-bond acceptors (Lipinski definition) is 6. The molecule has 0 bridgehead atoms. The first kappa shape index (κ1) is 21.8. The number of aromatic nitrogens is 1. The number of nitrogens with zero attached hydrogens (tertiary/aromatic N) is 3. The Balaban J connectivity index is 1.92. The number of benzene rings is 1. The van der Waals surface area contributed by atoms with Crippen molar-refractivity contribution in [3.63, 3.8) is 0 Å². The molecule has 0 N–H and O–H groups in total. The van der Waals surface area contributed by atoms with E-state index in [2.05, 4.69) is 0 Å². The number of halogens is 2. The van der Waals surface area contributed by atoms with Crippen LogP contribution >= 0.6 is 11.6 Å². The van der Waals surface area contributed by atoms with E-state index in [4.69, 9.17) is 16.3 Å². The quantitative estimate of drug-likeness (QED) is 0.668. The molecule has 166 valence electrons. The second-order valence-corrected chi connectivity index (χ2v) is 8.79. The fraction of sp³-hybridized carbons (Fsp3) is 0.500. The van der Waals surface area contributed by atoms with Gasteiger partial charge in [-0.05, 0) is 39.4 Å². The van der Waals surface area contributed by atoms with Crippen molar-refractivity contribution in [3.05, 3.63) is 38.9 Å². The van der Waals surface area contributed by atoms with Crippen LogP contribution in [0.5, 0.6) is 0 Å². The van der Waals surface area contributed by atoms with E-state index in [-0.39, 0.29) is 39.5 Å². The first-order valence-corrected chi connectivity index (χ1v) is 10.7. The van der Waals surface area contributed by atoms with Gasteiger partial charge in [-0.1, -0.05) is 11.6 Å². The van der Waals surface area contributed by atoms with Crippen molar-refractivity contribution < 1.29 is 18.7 Å². The van der Waals surface area contributed by atoms with Crippen molar-refractivity contribution >= 4 is 39.9 Å². The summed E-state index contributed by atoms with van der Waals surface area (Å²) < 4.78 is 21.9. The van der Waals surface area contributed by atoms with Crippen molar-refractivity contribution in [2.75, 3.05) is 39.2 Å². The summed E-state index contributed by atoms with van der Waals surface area (Å²) in [6.45, 7) is 0.786. The lowest BCUT2D eigenvalue weighted by molar-refractivity contribution is -0.122. The molecule has 0 radical (unpaired) electrons. The fourth-order valence-electron chi connectivity index (χ4n) is 4.28. The Morgan fingerprint density at radius 2 is 2.00 bits per heavy atom. The standard InChI is InChI=1S/C22H25ClFN3O4/c1-25(2)16-11-26(8-4-5-17(16)28)20-15(24)9-13-19(18(20)23)27(12-6-7-12)10-14(21(13)29)22(30)31-3/h9-10,12,16H,4-8,11H2,1-3H3. The third-order valence-corrected chi connectivity index (χ3v) is 6.44. The molecule has 7 nitrogen and oxygen atoms in total. The molecule has 1 atom stereocenters. The third kappa shape index (κ3) is 3.83. The Morgan fingerprint density at radius 3 is 2.61 bits per heavy atom. The van der Waals surface area contributed by atoms with Gasteiger partial charge in [0.05, 0.1) is 34.8 Å². The van der Waals surface area contributed by atoms with Gasteiger partial charge in [0.1, 0.15) is 11.4 Å². The van der Waals surface area contributed by atoms with Gasteiger partial charge in [0.2, 0.25) is 5.43 Å². The normalized spacial score (nSPS) is 19.7. The number of ether oxygens (including phenoxy) is 1. The maximum atomic E-state index is 15.4. The van der Waals surface area contributed by atoms with E-state index in [1.165, 1.54) is 13.3 Å². The zero-order chi connectivity index (χ0) is 22.4. The van der Waals surface area contributed by atoms with Crippen molar-refractivity contribution in [3.8, 4) is 0 Å². The molecule has 1 aromatic heterocycles. The van der Waals surface area contributed by atoms with Gasteiger partial charge in [-0.3, -0.25) is 14.5 Å². The topological polar surface area (TPSA) is 71.8 Å². The number of fused-ring (bicyclic) bond motifs is 1. The average Bonchev–Trinajstić information content (AvgIpc) is 3.56. The van der Waals surface area contributed by atoms with Gasteiger partial charge in [-0.25, -0.2) is 9.18 Å². The molecule has 1 saturated heterocycles. The van der Waals surface area contributed by atoms with Crippen LogP contribution in [-0.4, -0.2) is 61.6 Å². The summed E-state index contributed by atoms with van der Waals surface area (Å²) in [5.74, 6) is -1.30. The molecule has 9 heteroatoms. The van der Waals surface area contributed by atoms with Crippen LogP contribution in [0.2, 0.25) is 5.02 Å². The minimum atomic E-state index is -0.762. The van der Waals surface area contributed by atoms with Crippen LogP contribution in [0.25, 0.3) is 10.9 Å².